The van der Waals surface area contributed by atoms with E-state index in [1.54, 1.807) is 0 Å². The zero-order valence-electron chi connectivity index (χ0n) is 6.49. The molecular formula is C7H10N2O3. The van der Waals surface area contributed by atoms with Gasteiger partial charge < -0.3 is 15.7 Å². The van der Waals surface area contributed by atoms with E-state index in [1.807, 2.05) is 0 Å². The summed E-state index contributed by atoms with van der Waals surface area (Å²) in [5.41, 5.74) is 5.03. The second-order valence-electron chi connectivity index (χ2n) is 2.05. The topological polar surface area (TPSA) is 83.6 Å². The first-order valence-corrected chi connectivity index (χ1v) is 3.25. The lowest BCUT2D eigenvalue weighted by atomic mass is 10.4. The van der Waals surface area contributed by atoms with Gasteiger partial charge in [-0.25, -0.2) is 0 Å². The highest BCUT2D eigenvalue weighted by Gasteiger charge is 2.13. The fourth-order valence-electron chi connectivity index (χ4n) is 0.635. The van der Waals surface area contributed by atoms with Gasteiger partial charge in [0.2, 0.25) is 5.91 Å². The summed E-state index contributed by atoms with van der Waals surface area (Å²) in [4.78, 5) is 22.1. The Morgan fingerprint density at radius 2 is 2.17 bits per heavy atom. The molecule has 12 heavy (non-hydrogen) atoms. The number of carboxylic acid groups (broad SMARTS) is 1. The van der Waals surface area contributed by atoms with Crippen LogP contribution in [0.3, 0.4) is 0 Å². The Kier molecular flexibility index (Phi) is 4.49. The third-order valence-corrected chi connectivity index (χ3v) is 1.14. The standard InChI is InChI=1S/C7H10N2O3/c1-2-3-9(5-7(11)12)6(10)4-8/h1H,3-5,8H2,(H,11,12). The van der Waals surface area contributed by atoms with Crippen molar-refractivity contribution >= 4 is 11.9 Å². The molecule has 0 atom stereocenters. The van der Waals surface area contributed by atoms with Gasteiger partial charge in [0, 0.05) is 0 Å². The smallest absolute Gasteiger partial charge is 0.323 e. The van der Waals surface area contributed by atoms with Crippen molar-refractivity contribution in [3.8, 4) is 12.3 Å². The Hall–Kier alpha value is -1.54. The summed E-state index contributed by atoms with van der Waals surface area (Å²) < 4.78 is 0. The first kappa shape index (κ1) is 10.5. The van der Waals surface area contributed by atoms with Gasteiger partial charge in [-0.2, -0.15) is 0 Å². The lowest BCUT2D eigenvalue weighted by Crippen LogP contribution is -2.39. The molecule has 0 aliphatic carbocycles. The highest BCUT2D eigenvalue weighted by atomic mass is 16.4. The number of amides is 1. The average Bonchev–Trinajstić information content (AvgIpc) is 2.01. The van der Waals surface area contributed by atoms with Gasteiger partial charge in [0.25, 0.3) is 0 Å². The number of carbonyl (C=O) groups is 2. The van der Waals surface area contributed by atoms with E-state index < -0.39 is 18.4 Å². The van der Waals surface area contributed by atoms with Gasteiger partial charge in [0.05, 0.1) is 13.1 Å². The van der Waals surface area contributed by atoms with Crippen molar-refractivity contribution in [2.75, 3.05) is 19.6 Å². The van der Waals surface area contributed by atoms with Gasteiger partial charge in [-0.15, -0.1) is 6.42 Å². The van der Waals surface area contributed by atoms with Crippen LogP contribution in [0.1, 0.15) is 0 Å². The molecule has 5 heteroatoms. The van der Waals surface area contributed by atoms with Crippen molar-refractivity contribution in [2.45, 2.75) is 0 Å². The van der Waals surface area contributed by atoms with Gasteiger partial charge in [0.1, 0.15) is 6.54 Å². The summed E-state index contributed by atoms with van der Waals surface area (Å²) in [6.45, 7) is -0.655. The molecule has 0 spiro atoms. The van der Waals surface area contributed by atoms with Gasteiger partial charge in [0.15, 0.2) is 0 Å². The van der Waals surface area contributed by atoms with Crippen LogP contribution in [0.4, 0.5) is 0 Å². The summed E-state index contributed by atoms with van der Waals surface area (Å²) in [6.07, 6.45) is 4.92. The molecule has 0 aromatic heterocycles. The molecule has 0 rings (SSSR count). The zero-order chi connectivity index (χ0) is 9.56. The Labute approximate surface area is 70.1 Å². The Morgan fingerprint density at radius 1 is 1.58 bits per heavy atom. The van der Waals surface area contributed by atoms with E-state index in [1.165, 1.54) is 0 Å². The van der Waals surface area contributed by atoms with E-state index in [-0.39, 0.29) is 13.1 Å². The molecule has 0 unspecified atom stereocenters. The first-order valence-electron chi connectivity index (χ1n) is 3.25. The quantitative estimate of drug-likeness (QED) is 0.502. The largest absolute Gasteiger partial charge is 0.480 e. The highest BCUT2D eigenvalue weighted by Crippen LogP contribution is 1.87. The molecule has 1 amide bonds. The molecule has 5 nitrogen and oxygen atoms in total. The number of carbonyl (C=O) groups excluding carboxylic acids is 1. The van der Waals surface area contributed by atoms with Gasteiger partial charge >= 0.3 is 5.97 Å². The number of aliphatic carboxylic acids is 1. The SMILES string of the molecule is C#CCN(CC(=O)O)C(=O)CN. The number of hydrogen-bond donors (Lipinski definition) is 2. The molecule has 66 valence electrons. The van der Waals surface area contributed by atoms with E-state index in [0.717, 1.165) is 4.90 Å². The summed E-state index contributed by atoms with van der Waals surface area (Å²) in [5.74, 6) is 0.607. The van der Waals surface area contributed by atoms with E-state index in [4.69, 9.17) is 17.3 Å². The van der Waals surface area contributed by atoms with E-state index in [0.29, 0.717) is 0 Å². The van der Waals surface area contributed by atoms with Crippen molar-refractivity contribution < 1.29 is 14.7 Å². The van der Waals surface area contributed by atoms with Crippen molar-refractivity contribution in [3.63, 3.8) is 0 Å². The predicted octanol–water partition coefficient (Wildman–Crippen LogP) is -1.51. The monoisotopic (exact) mass is 170 g/mol. The van der Waals surface area contributed by atoms with Crippen molar-refractivity contribution in [1.29, 1.82) is 0 Å². The fraction of sp³-hybridized carbons (Fsp3) is 0.429. The lowest BCUT2D eigenvalue weighted by molar-refractivity contribution is -0.143. The Morgan fingerprint density at radius 3 is 2.50 bits per heavy atom. The third kappa shape index (κ3) is 3.58. The highest BCUT2D eigenvalue weighted by molar-refractivity contribution is 5.82. The summed E-state index contributed by atoms with van der Waals surface area (Å²) >= 11 is 0. The molecule has 3 N–H and O–H groups in total. The minimum Gasteiger partial charge on any atom is -0.480 e. The number of hydrogen-bond acceptors (Lipinski definition) is 3. The molecular weight excluding hydrogens is 160 g/mol. The van der Waals surface area contributed by atoms with Crippen LogP contribution in [0.2, 0.25) is 0 Å². The van der Waals surface area contributed by atoms with Crippen LogP contribution >= 0.6 is 0 Å². The molecule has 0 saturated carbocycles. The van der Waals surface area contributed by atoms with Crippen LogP contribution in [0.25, 0.3) is 0 Å². The van der Waals surface area contributed by atoms with Crippen LogP contribution in [-0.4, -0.2) is 41.5 Å². The van der Waals surface area contributed by atoms with Crippen molar-refractivity contribution in [2.24, 2.45) is 5.73 Å². The first-order chi connectivity index (χ1) is 5.61. The number of rotatable bonds is 4. The van der Waals surface area contributed by atoms with Crippen LogP contribution < -0.4 is 5.73 Å². The second-order valence-corrected chi connectivity index (χ2v) is 2.05. The van der Waals surface area contributed by atoms with E-state index >= 15 is 0 Å². The molecule has 0 aliphatic heterocycles. The second kappa shape index (κ2) is 5.16. The Balaban J connectivity index is 4.14. The van der Waals surface area contributed by atoms with Crippen LogP contribution in [0.15, 0.2) is 0 Å². The van der Waals surface area contributed by atoms with Gasteiger partial charge in [-0.1, -0.05) is 5.92 Å². The van der Waals surface area contributed by atoms with Crippen LogP contribution in [0.5, 0.6) is 0 Å². The number of terminal acetylenes is 1. The molecule has 0 aromatic carbocycles. The maximum atomic E-state index is 10.9. The minimum atomic E-state index is -1.10. The molecule has 0 fully saturated rings. The summed E-state index contributed by atoms with van der Waals surface area (Å²) in [5, 5.41) is 8.35. The maximum Gasteiger partial charge on any atom is 0.323 e. The van der Waals surface area contributed by atoms with E-state index in [2.05, 4.69) is 5.92 Å². The van der Waals surface area contributed by atoms with Crippen molar-refractivity contribution in [1.82, 2.24) is 4.90 Å². The van der Waals surface area contributed by atoms with Crippen LogP contribution in [0, 0.1) is 12.3 Å². The summed E-state index contributed by atoms with van der Waals surface area (Å²) in [6, 6.07) is 0. The minimum absolute atomic E-state index is 0.0255. The molecule has 0 radical (unpaired) electrons. The molecule has 0 heterocycles. The number of carboxylic acids is 1. The lowest BCUT2D eigenvalue weighted by Gasteiger charge is -2.16. The predicted molar refractivity (Wildman–Crippen MR) is 42.1 cm³/mol. The zero-order valence-corrected chi connectivity index (χ0v) is 6.49. The van der Waals surface area contributed by atoms with Crippen LogP contribution in [-0.2, 0) is 9.59 Å². The summed E-state index contributed by atoms with van der Waals surface area (Å²) in [7, 11) is 0. The number of nitrogens with zero attached hydrogens (tertiary/aromatic N) is 1. The molecule has 0 aliphatic rings. The third-order valence-electron chi connectivity index (χ3n) is 1.14. The molecule has 0 bridgehead atoms. The number of nitrogens with two attached hydrogens (primary N) is 1. The fourth-order valence-corrected chi connectivity index (χ4v) is 0.635. The average molecular weight is 170 g/mol. The van der Waals surface area contributed by atoms with E-state index in [9.17, 15) is 9.59 Å². The normalized spacial score (nSPS) is 8.67. The molecule has 0 saturated heterocycles. The maximum absolute atomic E-state index is 10.9. The van der Waals surface area contributed by atoms with Gasteiger partial charge in [-0.3, -0.25) is 9.59 Å². The molecule has 0 aromatic rings. The van der Waals surface area contributed by atoms with Gasteiger partial charge in [-0.05, 0) is 0 Å². The van der Waals surface area contributed by atoms with Crippen molar-refractivity contribution in [3.05, 3.63) is 0 Å². The Bertz CT molecular complexity index is 219.